The molecule has 0 spiro atoms. The van der Waals surface area contributed by atoms with Crippen molar-refractivity contribution in [1.29, 1.82) is 0 Å². The molecule has 0 aliphatic carbocycles. The Labute approximate surface area is 171 Å². The lowest BCUT2D eigenvalue weighted by atomic mass is 10.2. The van der Waals surface area contributed by atoms with Crippen molar-refractivity contribution >= 4 is 44.8 Å². The first kappa shape index (κ1) is 20.2. The van der Waals surface area contributed by atoms with Crippen LogP contribution in [0.2, 0.25) is 4.34 Å². The number of sulfonamides is 1. The molecule has 0 saturated carbocycles. The molecule has 1 aromatic heterocycles. The standard InChI is InChI=1S/C18H16ClN3O4S2/c1-2-22(14-8-4-3-5-9-14)28(24,25)15-10-6-7-13(11-15)18(23)26-12-16-17(19)27-21-20-16/h3-11H,2,12H2,1H3. The zero-order valence-electron chi connectivity index (χ0n) is 14.8. The smallest absolute Gasteiger partial charge is 0.338 e. The van der Waals surface area contributed by atoms with E-state index in [9.17, 15) is 13.2 Å². The van der Waals surface area contributed by atoms with Gasteiger partial charge in [-0.15, -0.1) is 5.10 Å². The second-order valence-corrected chi connectivity index (χ2v) is 8.82. The fraction of sp³-hybridized carbons (Fsp3) is 0.167. The lowest BCUT2D eigenvalue weighted by molar-refractivity contribution is 0.0467. The molecule has 0 unspecified atom stereocenters. The maximum absolute atomic E-state index is 13.1. The topological polar surface area (TPSA) is 89.5 Å². The molecule has 0 amide bonds. The third-order valence-electron chi connectivity index (χ3n) is 3.84. The van der Waals surface area contributed by atoms with Gasteiger partial charge in [-0.2, -0.15) is 0 Å². The van der Waals surface area contributed by atoms with Crippen LogP contribution in [0, 0.1) is 0 Å². The number of aromatic nitrogens is 2. The fourth-order valence-corrected chi connectivity index (χ4v) is 4.62. The van der Waals surface area contributed by atoms with Crippen molar-refractivity contribution in [3.63, 3.8) is 0 Å². The lowest BCUT2D eigenvalue weighted by Gasteiger charge is -2.23. The van der Waals surface area contributed by atoms with Crippen LogP contribution in [0.4, 0.5) is 5.69 Å². The summed E-state index contributed by atoms with van der Waals surface area (Å²) in [5.41, 5.74) is 1.01. The first-order chi connectivity index (χ1) is 13.4. The summed E-state index contributed by atoms with van der Waals surface area (Å²) in [7, 11) is -3.84. The first-order valence-electron chi connectivity index (χ1n) is 8.25. The Bertz CT molecular complexity index is 1070. The molecular weight excluding hydrogens is 422 g/mol. The molecule has 7 nitrogen and oxygen atoms in total. The summed E-state index contributed by atoms with van der Waals surface area (Å²) in [5.74, 6) is -0.677. The van der Waals surface area contributed by atoms with Crippen LogP contribution in [0.3, 0.4) is 0 Å². The van der Waals surface area contributed by atoms with Crippen LogP contribution in [-0.2, 0) is 21.4 Å². The molecule has 146 valence electrons. The summed E-state index contributed by atoms with van der Waals surface area (Å²) in [6, 6.07) is 14.5. The number of anilines is 1. The van der Waals surface area contributed by atoms with Crippen molar-refractivity contribution in [1.82, 2.24) is 9.59 Å². The average Bonchev–Trinajstić information content (AvgIpc) is 3.12. The number of halogens is 1. The van der Waals surface area contributed by atoms with Crippen LogP contribution in [0.1, 0.15) is 23.0 Å². The Morgan fingerprint density at radius 2 is 1.93 bits per heavy atom. The molecule has 0 N–H and O–H groups in total. The van der Waals surface area contributed by atoms with Crippen molar-refractivity contribution < 1.29 is 17.9 Å². The average molecular weight is 438 g/mol. The number of esters is 1. The molecule has 10 heteroatoms. The van der Waals surface area contributed by atoms with Crippen molar-refractivity contribution in [2.45, 2.75) is 18.4 Å². The minimum atomic E-state index is -3.84. The van der Waals surface area contributed by atoms with E-state index < -0.39 is 16.0 Å². The van der Waals surface area contributed by atoms with Gasteiger partial charge >= 0.3 is 5.97 Å². The van der Waals surface area contributed by atoms with Gasteiger partial charge in [-0.3, -0.25) is 4.31 Å². The molecule has 1 heterocycles. The van der Waals surface area contributed by atoms with E-state index in [4.69, 9.17) is 16.3 Å². The highest BCUT2D eigenvalue weighted by Crippen LogP contribution is 2.24. The summed E-state index contributed by atoms with van der Waals surface area (Å²) in [4.78, 5) is 12.3. The van der Waals surface area contributed by atoms with Crippen LogP contribution in [0.25, 0.3) is 0 Å². The van der Waals surface area contributed by atoms with Crippen LogP contribution in [0.15, 0.2) is 59.5 Å². The maximum Gasteiger partial charge on any atom is 0.338 e. The zero-order valence-corrected chi connectivity index (χ0v) is 17.2. The SMILES string of the molecule is CCN(c1ccccc1)S(=O)(=O)c1cccc(C(=O)OCc2nnsc2Cl)c1. The number of carbonyl (C=O) groups is 1. The highest BCUT2D eigenvalue weighted by molar-refractivity contribution is 7.92. The van der Waals surface area contributed by atoms with Gasteiger partial charge in [0.2, 0.25) is 0 Å². The number of rotatable bonds is 7. The highest BCUT2D eigenvalue weighted by atomic mass is 35.5. The van der Waals surface area contributed by atoms with E-state index >= 15 is 0 Å². The van der Waals surface area contributed by atoms with E-state index in [0.29, 0.717) is 15.7 Å². The third-order valence-corrected chi connectivity index (χ3v) is 6.72. The lowest BCUT2D eigenvalue weighted by Crippen LogP contribution is -2.30. The molecule has 3 aromatic rings. The number of benzene rings is 2. The van der Waals surface area contributed by atoms with Crippen LogP contribution < -0.4 is 4.31 Å². The second kappa shape index (κ2) is 8.68. The number of nitrogens with zero attached hydrogens (tertiary/aromatic N) is 3. The molecular formula is C18H16ClN3O4S2. The van der Waals surface area contributed by atoms with Gasteiger partial charge in [-0.1, -0.05) is 40.4 Å². The van der Waals surface area contributed by atoms with Crippen LogP contribution in [-0.4, -0.2) is 30.5 Å². The predicted molar refractivity (Wildman–Crippen MR) is 107 cm³/mol. The third kappa shape index (κ3) is 4.32. The van der Waals surface area contributed by atoms with Gasteiger partial charge in [0.15, 0.2) is 0 Å². The van der Waals surface area contributed by atoms with Gasteiger partial charge in [0, 0.05) is 18.1 Å². The van der Waals surface area contributed by atoms with Gasteiger partial charge < -0.3 is 4.74 Å². The van der Waals surface area contributed by atoms with E-state index in [2.05, 4.69) is 9.59 Å². The monoisotopic (exact) mass is 437 g/mol. The molecule has 0 saturated heterocycles. The van der Waals surface area contributed by atoms with Crippen molar-refractivity contribution in [2.75, 3.05) is 10.8 Å². The fourth-order valence-electron chi connectivity index (χ4n) is 2.50. The van der Waals surface area contributed by atoms with E-state index in [-0.39, 0.29) is 23.6 Å². The molecule has 0 bridgehead atoms. The first-order valence-corrected chi connectivity index (χ1v) is 10.8. The van der Waals surface area contributed by atoms with Gasteiger partial charge in [-0.05, 0) is 37.3 Å². The Morgan fingerprint density at radius 1 is 1.18 bits per heavy atom. The van der Waals surface area contributed by atoms with Crippen molar-refractivity contribution in [3.05, 3.63) is 70.2 Å². The molecule has 0 aliphatic rings. The maximum atomic E-state index is 13.1. The summed E-state index contributed by atoms with van der Waals surface area (Å²) < 4.78 is 36.6. The Morgan fingerprint density at radius 3 is 2.57 bits per heavy atom. The molecule has 0 radical (unpaired) electrons. The Hall–Kier alpha value is -2.49. The number of hydrogen-bond acceptors (Lipinski definition) is 7. The second-order valence-electron chi connectivity index (χ2n) is 5.60. The van der Waals surface area contributed by atoms with E-state index in [1.54, 1.807) is 31.2 Å². The summed E-state index contributed by atoms with van der Waals surface area (Å²) in [6.45, 7) is 1.85. The van der Waals surface area contributed by atoms with Gasteiger partial charge in [0.05, 0.1) is 16.1 Å². The zero-order chi connectivity index (χ0) is 20.1. The Balaban J connectivity index is 1.83. The summed E-state index contributed by atoms with van der Waals surface area (Å²) in [5, 5.41) is 3.76. The van der Waals surface area contributed by atoms with Crippen molar-refractivity contribution in [2.24, 2.45) is 0 Å². The Kier molecular flexibility index (Phi) is 6.28. The minimum absolute atomic E-state index is 0.000936. The van der Waals surface area contributed by atoms with Gasteiger partial charge in [-0.25, -0.2) is 13.2 Å². The largest absolute Gasteiger partial charge is 0.455 e. The van der Waals surface area contributed by atoms with E-state index in [1.807, 2.05) is 6.07 Å². The van der Waals surface area contributed by atoms with Crippen LogP contribution >= 0.6 is 23.1 Å². The quantitative estimate of drug-likeness (QED) is 0.523. The number of para-hydroxylation sites is 1. The van der Waals surface area contributed by atoms with Crippen LogP contribution in [0.5, 0.6) is 0 Å². The van der Waals surface area contributed by atoms with Gasteiger partial charge in [0.1, 0.15) is 16.6 Å². The number of carbonyl (C=O) groups excluding carboxylic acids is 1. The highest BCUT2D eigenvalue weighted by Gasteiger charge is 2.24. The number of hydrogen-bond donors (Lipinski definition) is 0. The molecule has 0 fully saturated rings. The van der Waals surface area contributed by atoms with Gasteiger partial charge in [0.25, 0.3) is 10.0 Å². The molecule has 0 aliphatic heterocycles. The minimum Gasteiger partial charge on any atom is -0.455 e. The number of ether oxygens (including phenoxy) is 1. The molecule has 28 heavy (non-hydrogen) atoms. The van der Waals surface area contributed by atoms with Crippen molar-refractivity contribution in [3.8, 4) is 0 Å². The van der Waals surface area contributed by atoms with E-state index in [1.165, 1.54) is 28.6 Å². The molecule has 0 atom stereocenters. The van der Waals surface area contributed by atoms with E-state index in [0.717, 1.165) is 11.5 Å². The normalized spacial score (nSPS) is 11.2. The predicted octanol–water partition coefficient (Wildman–Crippen LogP) is 3.76. The summed E-state index contributed by atoms with van der Waals surface area (Å²) >= 11 is 6.87. The molecule has 2 aromatic carbocycles. The molecule has 3 rings (SSSR count). The summed E-state index contributed by atoms with van der Waals surface area (Å²) in [6.07, 6.45) is 0.